The van der Waals surface area contributed by atoms with Crippen LogP contribution in [0.1, 0.15) is 17.2 Å². The van der Waals surface area contributed by atoms with E-state index in [-0.39, 0.29) is 5.91 Å². The Balaban J connectivity index is 2.00. The van der Waals surface area contributed by atoms with Gasteiger partial charge in [0.15, 0.2) is 0 Å². The summed E-state index contributed by atoms with van der Waals surface area (Å²) in [5.74, 6) is -0.733. The summed E-state index contributed by atoms with van der Waals surface area (Å²) in [5.41, 5.74) is 1.85. The Kier molecular flexibility index (Phi) is 3.24. The van der Waals surface area contributed by atoms with Crippen LogP contribution in [0, 0.1) is 17.1 Å². The number of halogens is 2. The van der Waals surface area contributed by atoms with Crippen molar-refractivity contribution in [1.82, 2.24) is 0 Å². The first-order chi connectivity index (χ1) is 10.1. The fraction of sp³-hybridized carbons (Fsp3) is 0.0667. The fourth-order valence-corrected chi connectivity index (χ4v) is 2.44. The predicted octanol–water partition coefficient (Wildman–Crippen LogP) is 3.46. The van der Waals surface area contributed by atoms with E-state index in [0.717, 1.165) is 0 Å². The van der Waals surface area contributed by atoms with Gasteiger partial charge in [-0.1, -0.05) is 11.6 Å². The third-order valence-electron chi connectivity index (χ3n) is 3.25. The Bertz CT molecular complexity index is 785. The van der Waals surface area contributed by atoms with Crippen molar-refractivity contribution in [3.63, 3.8) is 0 Å². The molecule has 1 amide bonds. The highest BCUT2D eigenvalue weighted by Crippen LogP contribution is 2.34. The molecule has 1 unspecified atom stereocenters. The van der Waals surface area contributed by atoms with Crippen LogP contribution in [-0.4, -0.2) is 5.91 Å². The lowest BCUT2D eigenvalue weighted by molar-refractivity contribution is -0.116. The van der Waals surface area contributed by atoms with E-state index in [1.54, 1.807) is 18.2 Å². The molecule has 3 rings (SSSR count). The number of hydrogen-bond donors (Lipinski definition) is 2. The molecular weight excluding hydrogens is 293 g/mol. The molecule has 2 aromatic rings. The molecule has 0 bridgehead atoms. The molecule has 0 radical (unpaired) electrons. The molecule has 104 valence electrons. The number of fused-ring (bicyclic) bond motifs is 1. The van der Waals surface area contributed by atoms with Crippen molar-refractivity contribution in [2.75, 3.05) is 10.6 Å². The molecule has 1 aliphatic heterocycles. The third-order valence-corrected chi connectivity index (χ3v) is 3.48. The topological polar surface area (TPSA) is 64.9 Å². The molecule has 1 heterocycles. The van der Waals surface area contributed by atoms with Crippen LogP contribution in [0.4, 0.5) is 15.8 Å². The van der Waals surface area contributed by atoms with Gasteiger partial charge >= 0.3 is 0 Å². The van der Waals surface area contributed by atoms with Crippen molar-refractivity contribution < 1.29 is 9.18 Å². The summed E-state index contributed by atoms with van der Waals surface area (Å²) >= 11 is 5.91. The van der Waals surface area contributed by atoms with E-state index in [1.165, 1.54) is 18.2 Å². The monoisotopic (exact) mass is 301 g/mol. The van der Waals surface area contributed by atoms with Crippen LogP contribution in [-0.2, 0) is 4.79 Å². The maximum absolute atomic E-state index is 13.4. The molecule has 0 saturated heterocycles. The van der Waals surface area contributed by atoms with Crippen molar-refractivity contribution in [2.45, 2.75) is 6.04 Å². The standard InChI is InChI=1S/C15H9ClFN3O/c16-9-2-1-8(7-18)13(5-9)19-14-11-6-10(17)3-4-12(11)20-15(14)21/h1-6,14,19H,(H,20,21). The number of rotatable bonds is 2. The summed E-state index contributed by atoms with van der Waals surface area (Å²) in [6.45, 7) is 0. The lowest BCUT2D eigenvalue weighted by Gasteiger charge is -2.14. The minimum absolute atomic E-state index is 0.306. The van der Waals surface area contributed by atoms with E-state index in [2.05, 4.69) is 10.6 Å². The Hall–Kier alpha value is -2.58. The van der Waals surface area contributed by atoms with Gasteiger partial charge in [0.05, 0.1) is 11.3 Å². The second-order valence-electron chi connectivity index (χ2n) is 4.60. The van der Waals surface area contributed by atoms with Crippen LogP contribution in [0.25, 0.3) is 0 Å². The molecule has 0 saturated carbocycles. The Morgan fingerprint density at radius 3 is 2.86 bits per heavy atom. The van der Waals surface area contributed by atoms with E-state index in [4.69, 9.17) is 16.9 Å². The highest BCUT2D eigenvalue weighted by molar-refractivity contribution is 6.30. The van der Waals surface area contributed by atoms with Gasteiger partial charge in [-0.15, -0.1) is 0 Å². The molecule has 4 nitrogen and oxygen atoms in total. The first-order valence-electron chi connectivity index (χ1n) is 6.15. The van der Waals surface area contributed by atoms with Gasteiger partial charge in [-0.3, -0.25) is 4.79 Å². The minimum Gasteiger partial charge on any atom is -0.369 e. The number of carbonyl (C=O) groups is 1. The van der Waals surface area contributed by atoms with Crippen molar-refractivity contribution in [3.05, 3.63) is 58.4 Å². The maximum atomic E-state index is 13.4. The zero-order chi connectivity index (χ0) is 15.0. The zero-order valence-corrected chi connectivity index (χ0v) is 11.4. The summed E-state index contributed by atoms with van der Waals surface area (Å²) in [5, 5.41) is 15.1. The SMILES string of the molecule is N#Cc1ccc(Cl)cc1NC1C(=O)Nc2ccc(F)cc21. The van der Waals surface area contributed by atoms with E-state index in [0.29, 0.717) is 27.5 Å². The molecule has 0 aliphatic carbocycles. The van der Waals surface area contributed by atoms with E-state index in [1.807, 2.05) is 6.07 Å². The number of carbonyl (C=O) groups excluding carboxylic acids is 1. The summed E-state index contributed by atoms with van der Waals surface area (Å²) in [7, 11) is 0. The highest BCUT2D eigenvalue weighted by atomic mass is 35.5. The fourth-order valence-electron chi connectivity index (χ4n) is 2.26. The van der Waals surface area contributed by atoms with Crippen LogP contribution < -0.4 is 10.6 Å². The average Bonchev–Trinajstić information content (AvgIpc) is 2.75. The second-order valence-corrected chi connectivity index (χ2v) is 5.04. The van der Waals surface area contributed by atoms with Gasteiger partial charge in [-0.2, -0.15) is 5.26 Å². The van der Waals surface area contributed by atoms with Gasteiger partial charge < -0.3 is 10.6 Å². The summed E-state index contributed by atoms with van der Waals surface area (Å²) in [6, 6.07) is 10.0. The van der Waals surface area contributed by atoms with Crippen LogP contribution in [0.3, 0.4) is 0 Å². The van der Waals surface area contributed by atoms with Crippen molar-refractivity contribution in [1.29, 1.82) is 5.26 Å². The van der Waals surface area contributed by atoms with Crippen molar-refractivity contribution in [3.8, 4) is 6.07 Å². The van der Waals surface area contributed by atoms with Gasteiger partial charge in [0.1, 0.15) is 17.9 Å². The maximum Gasteiger partial charge on any atom is 0.251 e. The van der Waals surface area contributed by atoms with Crippen molar-refractivity contribution >= 4 is 28.9 Å². The molecule has 21 heavy (non-hydrogen) atoms. The number of amides is 1. The number of hydrogen-bond acceptors (Lipinski definition) is 3. The molecule has 2 N–H and O–H groups in total. The third kappa shape index (κ3) is 2.41. The molecular formula is C15H9ClFN3O. The van der Waals surface area contributed by atoms with E-state index >= 15 is 0 Å². The molecule has 1 aliphatic rings. The number of benzene rings is 2. The number of nitriles is 1. The first kappa shape index (κ1) is 13.4. The van der Waals surface area contributed by atoms with Crippen LogP contribution in [0.15, 0.2) is 36.4 Å². The molecule has 0 spiro atoms. The molecule has 1 atom stereocenters. The smallest absolute Gasteiger partial charge is 0.251 e. The normalized spacial score (nSPS) is 16.0. The van der Waals surface area contributed by atoms with Crippen LogP contribution >= 0.6 is 11.6 Å². The molecule has 2 aromatic carbocycles. The number of anilines is 2. The highest BCUT2D eigenvalue weighted by Gasteiger charge is 2.31. The molecule has 0 fully saturated rings. The van der Waals surface area contributed by atoms with Gasteiger partial charge in [0.2, 0.25) is 0 Å². The number of nitrogens with zero attached hydrogens (tertiary/aromatic N) is 1. The average molecular weight is 302 g/mol. The second kappa shape index (κ2) is 5.08. The summed E-state index contributed by atoms with van der Waals surface area (Å²) in [6.07, 6.45) is 0. The minimum atomic E-state index is -0.763. The van der Waals surface area contributed by atoms with E-state index < -0.39 is 11.9 Å². The van der Waals surface area contributed by atoms with Gasteiger partial charge in [-0.05, 0) is 36.4 Å². The van der Waals surface area contributed by atoms with Gasteiger partial charge in [0.25, 0.3) is 5.91 Å². The lowest BCUT2D eigenvalue weighted by atomic mass is 10.1. The van der Waals surface area contributed by atoms with Crippen LogP contribution in [0.5, 0.6) is 0 Å². The predicted molar refractivity (Wildman–Crippen MR) is 77.6 cm³/mol. The van der Waals surface area contributed by atoms with Gasteiger partial charge in [-0.25, -0.2) is 4.39 Å². The molecule has 0 aromatic heterocycles. The van der Waals surface area contributed by atoms with Gasteiger partial charge in [0, 0.05) is 16.3 Å². The first-order valence-corrected chi connectivity index (χ1v) is 6.53. The Labute approximate surface area is 125 Å². The molecule has 6 heteroatoms. The Morgan fingerprint density at radius 1 is 1.29 bits per heavy atom. The van der Waals surface area contributed by atoms with Crippen molar-refractivity contribution in [2.24, 2.45) is 0 Å². The largest absolute Gasteiger partial charge is 0.369 e. The Morgan fingerprint density at radius 2 is 2.10 bits per heavy atom. The number of nitrogens with one attached hydrogen (secondary N) is 2. The van der Waals surface area contributed by atoms with Crippen LogP contribution in [0.2, 0.25) is 5.02 Å². The summed E-state index contributed by atoms with van der Waals surface area (Å²) in [4.78, 5) is 12.0. The summed E-state index contributed by atoms with van der Waals surface area (Å²) < 4.78 is 13.4. The van der Waals surface area contributed by atoms with E-state index in [9.17, 15) is 9.18 Å². The lowest BCUT2D eigenvalue weighted by Crippen LogP contribution is -2.20. The zero-order valence-electron chi connectivity index (χ0n) is 10.7. The quantitative estimate of drug-likeness (QED) is 0.893.